The molecule has 21 heavy (non-hydrogen) atoms. The zero-order valence-electron chi connectivity index (χ0n) is 11.8. The minimum atomic E-state index is 0.104. The largest absolute Gasteiger partial charge is 0.501 e. The van der Waals surface area contributed by atoms with Crippen LogP contribution in [-0.4, -0.2) is 17.9 Å². The number of ether oxygens (including phenoxy) is 1. The first kappa shape index (κ1) is 12.3. The van der Waals surface area contributed by atoms with Crippen LogP contribution in [0.3, 0.4) is 0 Å². The van der Waals surface area contributed by atoms with E-state index in [9.17, 15) is 4.79 Å². The Kier molecular flexibility index (Phi) is 2.64. The second kappa shape index (κ2) is 4.52. The quantitative estimate of drug-likeness (QED) is 0.844. The molecule has 0 radical (unpaired) electrons. The molecule has 2 N–H and O–H groups in total. The lowest BCUT2D eigenvalue weighted by atomic mass is 9.95. The number of ketones is 1. The van der Waals surface area contributed by atoms with E-state index in [-0.39, 0.29) is 5.78 Å². The van der Waals surface area contributed by atoms with Crippen molar-refractivity contribution in [1.82, 2.24) is 10.3 Å². The molecule has 0 fully saturated rings. The fraction of sp³-hybridized carbons (Fsp3) is 0.235. The van der Waals surface area contributed by atoms with Crippen molar-refractivity contribution in [2.45, 2.75) is 19.4 Å². The number of para-hydroxylation sites is 1. The third-order valence-corrected chi connectivity index (χ3v) is 4.28. The highest BCUT2D eigenvalue weighted by Crippen LogP contribution is 2.32. The number of methoxy groups -OCH3 is 1. The van der Waals surface area contributed by atoms with Crippen molar-refractivity contribution < 1.29 is 9.53 Å². The van der Waals surface area contributed by atoms with Crippen molar-refractivity contribution in [1.29, 1.82) is 0 Å². The molecule has 0 bridgehead atoms. The SMILES string of the molecule is COC1=CC2=C(CC1)C(=O)c1[nH]c3ccccc3c1CN2. The van der Waals surface area contributed by atoms with E-state index in [0.717, 1.165) is 52.0 Å². The summed E-state index contributed by atoms with van der Waals surface area (Å²) < 4.78 is 5.31. The molecule has 0 unspecified atom stereocenters. The van der Waals surface area contributed by atoms with Crippen LogP contribution in [0.25, 0.3) is 10.9 Å². The number of nitrogens with one attached hydrogen (secondary N) is 2. The Labute approximate surface area is 122 Å². The van der Waals surface area contributed by atoms with Gasteiger partial charge in [0.1, 0.15) is 0 Å². The van der Waals surface area contributed by atoms with Crippen molar-refractivity contribution in [2.24, 2.45) is 0 Å². The minimum absolute atomic E-state index is 0.104. The summed E-state index contributed by atoms with van der Waals surface area (Å²) in [6.07, 6.45) is 3.44. The molecule has 1 aromatic heterocycles. The highest BCUT2D eigenvalue weighted by molar-refractivity contribution is 6.12. The van der Waals surface area contributed by atoms with Gasteiger partial charge in [0.05, 0.1) is 18.6 Å². The molecule has 4 rings (SSSR count). The van der Waals surface area contributed by atoms with Crippen LogP contribution in [0.5, 0.6) is 0 Å². The number of H-pyrrole nitrogens is 1. The van der Waals surface area contributed by atoms with Crippen LogP contribution in [0.4, 0.5) is 0 Å². The number of Topliss-reactive ketones (excluding diaryl/α,β-unsaturated/α-hetero) is 1. The first-order chi connectivity index (χ1) is 10.3. The van der Waals surface area contributed by atoms with E-state index in [4.69, 9.17) is 4.74 Å². The van der Waals surface area contributed by atoms with Crippen LogP contribution in [-0.2, 0) is 11.3 Å². The van der Waals surface area contributed by atoms with E-state index in [1.807, 2.05) is 24.3 Å². The van der Waals surface area contributed by atoms with Crippen LogP contribution in [0.1, 0.15) is 28.9 Å². The molecule has 0 saturated heterocycles. The molecule has 0 spiro atoms. The summed E-state index contributed by atoms with van der Waals surface area (Å²) >= 11 is 0. The van der Waals surface area contributed by atoms with Crippen LogP contribution < -0.4 is 5.32 Å². The lowest BCUT2D eigenvalue weighted by Crippen LogP contribution is -2.16. The number of aromatic nitrogens is 1. The van der Waals surface area contributed by atoms with Crippen molar-refractivity contribution in [3.8, 4) is 0 Å². The van der Waals surface area contributed by atoms with Crippen LogP contribution >= 0.6 is 0 Å². The van der Waals surface area contributed by atoms with Crippen molar-refractivity contribution in [2.75, 3.05) is 7.11 Å². The Hall–Kier alpha value is -2.49. The van der Waals surface area contributed by atoms with E-state index in [2.05, 4.69) is 16.4 Å². The molecule has 4 nitrogen and oxygen atoms in total. The van der Waals surface area contributed by atoms with E-state index in [1.54, 1.807) is 7.11 Å². The van der Waals surface area contributed by atoms with Gasteiger partial charge in [-0.1, -0.05) is 18.2 Å². The number of rotatable bonds is 1. The highest BCUT2D eigenvalue weighted by Gasteiger charge is 2.28. The van der Waals surface area contributed by atoms with Gasteiger partial charge in [-0.2, -0.15) is 0 Å². The van der Waals surface area contributed by atoms with Gasteiger partial charge in [-0.25, -0.2) is 0 Å². The number of aromatic amines is 1. The lowest BCUT2D eigenvalue weighted by Gasteiger charge is -2.17. The van der Waals surface area contributed by atoms with Crippen molar-refractivity contribution in [3.05, 3.63) is 58.6 Å². The van der Waals surface area contributed by atoms with E-state index >= 15 is 0 Å². The molecule has 2 heterocycles. The zero-order valence-corrected chi connectivity index (χ0v) is 11.8. The summed E-state index contributed by atoms with van der Waals surface area (Å²) in [6, 6.07) is 8.05. The summed E-state index contributed by atoms with van der Waals surface area (Å²) in [4.78, 5) is 16.1. The Morgan fingerprint density at radius 3 is 2.90 bits per heavy atom. The highest BCUT2D eigenvalue weighted by atomic mass is 16.5. The summed E-state index contributed by atoms with van der Waals surface area (Å²) in [7, 11) is 1.67. The molecular formula is C17H16N2O2. The normalized spacial score (nSPS) is 17.8. The van der Waals surface area contributed by atoms with Crippen molar-refractivity contribution >= 4 is 16.7 Å². The van der Waals surface area contributed by atoms with Crippen LogP contribution in [0.15, 0.2) is 47.4 Å². The third kappa shape index (κ3) is 1.79. The van der Waals surface area contributed by atoms with Crippen LogP contribution in [0, 0.1) is 0 Å². The van der Waals surface area contributed by atoms with Gasteiger partial charge in [0, 0.05) is 40.7 Å². The maximum atomic E-state index is 12.8. The Morgan fingerprint density at radius 1 is 1.19 bits per heavy atom. The van der Waals surface area contributed by atoms with Gasteiger partial charge < -0.3 is 15.0 Å². The topological polar surface area (TPSA) is 54.1 Å². The molecule has 2 aromatic rings. The molecule has 0 amide bonds. The van der Waals surface area contributed by atoms with Gasteiger partial charge in [-0.15, -0.1) is 0 Å². The molecule has 1 aliphatic carbocycles. The van der Waals surface area contributed by atoms with E-state index in [0.29, 0.717) is 6.54 Å². The fourth-order valence-electron chi connectivity index (χ4n) is 3.17. The zero-order chi connectivity index (χ0) is 14.4. The number of benzene rings is 1. The number of allylic oxidation sites excluding steroid dienone is 3. The summed E-state index contributed by atoms with van der Waals surface area (Å²) in [5, 5.41) is 4.51. The molecule has 0 saturated carbocycles. The smallest absolute Gasteiger partial charge is 0.207 e. The van der Waals surface area contributed by atoms with Gasteiger partial charge >= 0.3 is 0 Å². The molecule has 1 aliphatic heterocycles. The average molecular weight is 280 g/mol. The van der Waals surface area contributed by atoms with Gasteiger partial charge in [0.2, 0.25) is 5.78 Å². The second-order valence-electron chi connectivity index (χ2n) is 5.41. The molecule has 106 valence electrons. The molecular weight excluding hydrogens is 264 g/mol. The monoisotopic (exact) mass is 280 g/mol. The molecule has 2 aliphatic rings. The molecule has 1 aromatic carbocycles. The molecule has 4 heteroatoms. The maximum absolute atomic E-state index is 12.8. The van der Waals surface area contributed by atoms with Gasteiger partial charge in [0.25, 0.3) is 0 Å². The number of carbonyl (C=O) groups excluding carboxylic acids is 1. The van der Waals surface area contributed by atoms with Gasteiger partial charge in [0.15, 0.2) is 0 Å². The minimum Gasteiger partial charge on any atom is -0.501 e. The summed E-state index contributed by atoms with van der Waals surface area (Å²) in [5.74, 6) is 1.03. The number of fused-ring (bicyclic) bond motifs is 3. The fourth-order valence-corrected chi connectivity index (χ4v) is 3.17. The summed E-state index contributed by atoms with van der Waals surface area (Å²) in [6.45, 7) is 0.650. The lowest BCUT2D eigenvalue weighted by molar-refractivity contribution is 0.102. The predicted octanol–water partition coefficient (Wildman–Crippen LogP) is 3.03. The van der Waals surface area contributed by atoms with Gasteiger partial charge in [-0.05, 0) is 18.6 Å². The first-order valence-electron chi connectivity index (χ1n) is 7.14. The average Bonchev–Trinajstić information content (AvgIpc) is 2.84. The standard InChI is InChI=1S/C17H16N2O2/c1-21-10-6-7-12-15(8-10)18-9-13-11-4-2-3-5-14(11)19-16(13)17(12)20/h2-5,8,18-19H,6-7,9H2,1H3. The predicted molar refractivity (Wildman–Crippen MR) is 80.8 cm³/mol. The van der Waals surface area contributed by atoms with Crippen molar-refractivity contribution in [3.63, 3.8) is 0 Å². The number of hydrogen-bond donors (Lipinski definition) is 2. The Morgan fingerprint density at radius 2 is 2.05 bits per heavy atom. The van der Waals surface area contributed by atoms with E-state index in [1.165, 1.54) is 0 Å². The first-order valence-corrected chi connectivity index (χ1v) is 7.14. The number of carbonyl (C=O) groups is 1. The maximum Gasteiger partial charge on any atom is 0.207 e. The van der Waals surface area contributed by atoms with Crippen LogP contribution in [0.2, 0.25) is 0 Å². The molecule has 0 atom stereocenters. The Balaban J connectivity index is 1.87. The van der Waals surface area contributed by atoms with Gasteiger partial charge in [-0.3, -0.25) is 4.79 Å². The third-order valence-electron chi connectivity index (χ3n) is 4.28. The second-order valence-corrected chi connectivity index (χ2v) is 5.41. The van der Waals surface area contributed by atoms with E-state index < -0.39 is 0 Å². The number of hydrogen-bond acceptors (Lipinski definition) is 3. The Bertz CT molecular complexity index is 811. The summed E-state index contributed by atoms with van der Waals surface area (Å²) in [5.41, 5.74) is 4.55.